The van der Waals surface area contributed by atoms with Gasteiger partial charge in [-0.1, -0.05) is 11.6 Å². The van der Waals surface area contributed by atoms with Gasteiger partial charge in [0.2, 0.25) is 0 Å². The van der Waals surface area contributed by atoms with Gasteiger partial charge in [0.15, 0.2) is 6.10 Å². The molecular weight excluding hydrogens is 393 g/mol. The predicted octanol–water partition coefficient (Wildman–Crippen LogP) is 2.80. The Morgan fingerprint density at radius 1 is 1.29 bits per heavy atom. The summed E-state index contributed by atoms with van der Waals surface area (Å²) in [4.78, 5) is 34.5. The number of imide groups is 1. The van der Waals surface area contributed by atoms with Crippen LogP contribution in [0.25, 0.3) is 11.8 Å². The summed E-state index contributed by atoms with van der Waals surface area (Å²) < 4.78 is 23.7. The number of aromatic nitrogens is 2. The zero-order chi connectivity index (χ0) is 20.8. The van der Waals surface area contributed by atoms with E-state index in [9.17, 15) is 18.8 Å². The van der Waals surface area contributed by atoms with Crippen molar-refractivity contribution in [2.24, 2.45) is 0 Å². The highest BCUT2D eigenvalue weighted by Gasteiger charge is 2.19. The first-order valence-electron chi connectivity index (χ1n) is 8.01. The number of hydrogen-bond acceptors (Lipinski definition) is 6. The number of hydrogen-bond donors (Lipinski definition) is 1. The molecule has 2 rings (SSSR count). The number of aryl methyl sites for hydroxylation is 1. The lowest BCUT2D eigenvalue weighted by Gasteiger charge is -2.10. The molecule has 0 fully saturated rings. The summed E-state index contributed by atoms with van der Waals surface area (Å²) in [6.07, 6.45) is 0.291. The summed E-state index contributed by atoms with van der Waals surface area (Å²) in [5, 5.41) is 6.36. The van der Waals surface area contributed by atoms with Crippen LogP contribution in [0.5, 0.6) is 0 Å². The molecule has 0 radical (unpaired) electrons. The maximum Gasteiger partial charge on any atom is 0.413 e. The smallest absolute Gasteiger partial charge is 0.413 e. The summed E-state index contributed by atoms with van der Waals surface area (Å²) in [6.45, 7) is 2.98. The van der Waals surface area contributed by atoms with Crippen LogP contribution in [-0.4, -0.2) is 41.0 Å². The van der Waals surface area contributed by atoms with Crippen LogP contribution in [0.15, 0.2) is 30.3 Å². The molecule has 10 heteroatoms. The fourth-order valence-corrected chi connectivity index (χ4v) is 2.46. The lowest BCUT2D eigenvalue weighted by molar-refractivity contribution is -0.149. The van der Waals surface area contributed by atoms with Crippen molar-refractivity contribution in [1.29, 1.82) is 0 Å². The van der Waals surface area contributed by atoms with Gasteiger partial charge >= 0.3 is 12.1 Å². The SMILES string of the molecule is COC(=O)NC(=O)[C@H](C)OC(=O)/C=C/c1c(C)nn(-c2ccc(F)cc2)c1Cl. The molecule has 1 N–H and O–H groups in total. The van der Waals surface area contributed by atoms with Gasteiger partial charge in [0, 0.05) is 11.6 Å². The molecule has 1 heterocycles. The molecule has 0 saturated heterocycles. The first-order valence-corrected chi connectivity index (χ1v) is 8.39. The molecule has 2 aromatic rings. The molecule has 0 aliphatic heterocycles. The Labute approximate surface area is 164 Å². The number of nitrogens with one attached hydrogen (secondary N) is 1. The molecule has 1 aromatic carbocycles. The van der Waals surface area contributed by atoms with Crippen molar-refractivity contribution in [2.45, 2.75) is 20.0 Å². The molecule has 2 amide bonds. The average molecular weight is 410 g/mol. The lowest BCUT2D eigenvalue weighted by Crippen LogP contribution is -2.39. The van der Waals surface area contributed by atoms with Gasteiger partial charge in [-0.15, -0.1) is 0 Å². The minimum Gasteiger partial charge on any atom is -0.453 e. The number of esters is 1. The van der Waals surface area contributed by atoms with E-state index < -0.39 is 29.9 Å². The highest BCUT2D eigenvalue weighted by Crippen LogP contribution is 2.24. The van der Waals surface area contributed by atoms with Crippen LogP contribution in [-0.2, 0) is 19.1 Å². The van der Waals surface area contributed by atoms with Crippen molar-refractivity contribution < 1.29 is 28.2 Å². The molecule has 0 aliphatic carbocycles. The zero-order valence-electron chi connectivity index (χ0n) is 15.2. The lowest BCUT2D eigenvalue weighted by atomic mass is 10.2. The number of methoxy groups -OCH3 is 1. The van der Waals surface area contributed by atoms with E-state index in [-0.39, 0.29) is 5.15 Å². The van der Waals surface area contributed by atoms with E-state index in [1.807, 2.05) is 5.32 Å². The van der Waals surface area contributed by atoms with Crippen LogP contribution in [0, 0.1) is 12.7 Å². The number of carbonyl (C=O) groups is 3. The molecular formula is C18H17ClFN3O5. The van der Waals surface area contributed by atoms with Crippen LogP contribution in [0.3, 0.4) is 0 Å². The number of nitrogens with zero attached hydrogens (tertiary/aromatic N) is 2. The van der Waals surface area contributed by atoms with Gasteiger partial charge in [-0.2, -0.15) is 5.10 Å². The van der Waals surface area contributed by atoms with E-state index in [0.29, 0.717) is 16.9 Å². The van der Waals surface area contributed by atoms with Gasteiger partial charge in [0.25, 0.3) is 5.91 Å². The summed E-state index contributed by atoms with van der Waals surface area (Å²) in [5.74, 6) is -2.04. The number of ether oxygens (including phenoxy) is 2. The Morgan fingerprint density at radius 3 is 2.54 bits per heavy atom. The van der Waals surface area contributed by atoms with Gasteiger partial charge in [0.1, 0.15) is 11.0 Å². The fourth-order valence-electron chi connectivity index (χ4n) is 2.13. The molecule has 0 unspecified atom stereocenters. The Balaban J connectivity index is 2.09. The molecule has 28 heavy (non-hydrogen) atoms. The Bertz CT molecular complexity index is 924. The molecule has 0 spiro atoms. The monoisotopic (exact) mass is 409 g/mol. The first-order chi connectivity index (χ1) is 13.2. The van der Waals surface area contributed by atoms with Crippen molar-refractivity contribution in [1.82, 2.24) is 15.1 Å². The molecule has 0 bridgehead atoms. The standard InChI is InChI=1S/C18H17ClFN3O5/c1-10-14(16(19)23(22-10)13-6-4-12(20)5-7-13)8-9-15(24)28-11(2)17(25)21-18(26)27-3/h4-9,11H,1-3H3,(H,21,25,26)/b9-8+/t11-/m0/s1. The Morgan fingerprint density at radius 2 is 1.93 bits per heavy atom. The second kappa shape index (κ2) is 9.14. The fraction of sp³-hybridized carbons (Fsp3) is 0.222. The average Bonchev–Trinajstić information content (AvgIpc) is 2.94. The number of alkyl carbamates (subject to hydrolysis) is 1. The van der Waals surface area contributed by atoms with Crippen molar-refractivity contribution in [3.05, 3.63) is 52.6 Å². The summed E-state index contributed by atoms with van der Waals surface area (Å²) in [7, 11) is 1.10. The highest BCUT2D eigenvalue weighted by molar-refractivity contribution is 6.31. The largest absolute Gasteiger partial charge is 0.453 e. The van der Waals surface area contributed by atoms with Crippen molar-refractivity contribution >= 4 is 35.6 Å². The number of halogens is 2. The van der Waals surface area contributed by atoms with Crippen molar-refractivity contribution in [3.63, 3.8) is 0 Å². The normalized spacial score (nSPS) is 11.9. The number of carbonyl (C=O) groups excluding carboxylic acids is 3. The topological polar surface area (TPSA) is 99.5 Å². The van der Waals surface area contributed by atoms with Crippen LogP contribution in [0.2, 0.25) is 5.15 Å². The molecule has 0 aliphatic rings. The highest BCUT2D eigenvalue weighted by atomic mass is 35.5. The van der Waals surface area contributed by atoms with Crippen LogP contribution in [0.4, 0.5) is 9.18 Å². The summed E-state index contributed by atoms with van der Waals surface area (Å²) in [5.41, 5.74) is 1.52. The van der Waals surface area contributed by atoms with E-state index in [4.69, 9.17) is 16.3 Å². The molecule has 8 nitrogen and oxygen atoms in total. The third-order valence-electron chi connectivity index (χ3n) is 3.58. The zero-order valence-corrected chi connectivity index (χ0v) is 16.0. The van der Waals surface area contributed by atoms with E-state index in [0.717, 1.165) is 13.2 Å². The van der Waals surface area contributed by atoms with Crippen LogP contribution in [0.1, 0.15) is 18.2 Å². The van der Waals surface area contributed by atoms with E-state index in [1.54, 1.807) is 6.92 Å². The number of rotatable bonds is 5. The summed E-state index contributed by atoms with van der Waals surface area (Å²) in [6, 6.07) is 5.57. The molecule has 1 aromatic heterocycles. The quantitative estimate of drug-likeness (QED) is 0.602. The second-order valence-corrected chi connectivity index (χ2v) is 5.93. The Kier molecular flexibility index (Phi) is 6.89. The number of amides is 2. The van der Waals surface area contributed by atoms with Crippen molar-refractivity contribution in [3.8, 4) is 5.69 Å². The Hall–Kier alpha value is -3.20. The van der Waals surface area contributed by atoms with Crippen LogP contribution < -0.4 is 5.32 Å². The summed E-state index contributed by atoms with van der Waals surface area (Å²) >= 11 is 6.30. The van der Waals surface area contributed by atoms with Gasteiger partial charge in [0.05, 0.1) is 18.5 Å². The molecule has 0 saturated carbocycles. The minimum atomic E-state index is -1.21. The van der Waals surface area contributed by atoms with Gasteiger partial charge in [-0.3, -0.25) is 10.1 Å². The van der Waals surface area contributed by atoms with Gasteiger partial charge < -0.3 is 9.47 Å². The van der Waals surface area contributed by atoms with E-state index >= 15 is 0 Å². The number of benzene rings is 1. The van der Waals surface area contributed by atoms with E-state index in [1.165, 1.54) is 41.9 Å². The molecule has 1 atom stereocenters. The van der Waals surface area contributed by atoms with Gasteiger partial charge in [-0.25, -0.2) is 18.7 Å². The maximum atomic E-state index is 13.1. The minimum absolute atomic E-state index is 0.213. The predicted molar refractivity (Wildman–Crippen MR) is 98.4 cm³/mol. The van der Waals surface area contributed by atoms with E-state index in [2.05, 4.69) is 9.84 Å². The van der Waals surface area contributed by atoms with Crippen LogP contribution >= 0.6 is 11.6 Å². The van der Waals surface area contributed by atoms with Crippen molar-refractivity contribution in [2.75, 3.05) is 7.11 Å². The molecule has 148 valence electrons. The van der Waals surface area contributed by atoms with Gasteiger partial charge in [-0.05, 0) is 44.2 Å². The maximum absolute atomic E-state index is 13.1. The second-order valence-electron chi connectivity index (χ2n) is 5.57. The first kappa shape index (κ1) is 21.1. The third kappa shape index (κ3) is 5.17. The third-order valence-corrected chi connectivity index (χ3v) is 3.94.